The second-order valence-electron chi connectivity index (χ2n) is 11.5. The first-order chi connectivity index (χ1) is 20.1. The Morgan fingerprint density at radius 2 is 1.34 bits per heavy atom. The fourth-order valence-corrected chi connectivity index (χ4v) is 7.94. The van der Waals surface area contributed by atoms with Gasteiger partial charge in [-0.3, -0.25) is 4.57 Å². The molecule has 5 aromatic carbocycles. The van der Waals surface area contributed by atoms with Crippen molar-refractivity contribution in [2.24, 2.45) is 0 Å². The number of hydrogen-bond acceptors (Lipinski definition) is 3. The molecule has 0 atom stereocenters. The molecule has 194 valence electrons. The molecule has 0 fully saturated rings. The first-order valence-electron chi connectivity index (χ1n) is 14.0. The van der Waals surface area contributed by atoms with Crippen LogP contribution in [0, 0.1) is 0 Å². The predicted octanol–water partition coefficient (Wildman–Crippen LogP) is 9.91. The Bertz CT molecular complexity index is 2340. The fourth-order valence-electron chi connectivity index (χ4n) is 6.87. The van der Waals surface area contributed by atoms with Crippen molar-refractivity contribution in [2.45, 2.75) is 19.3 Å². The molecule has 8 aromatic rings. The van der Waals surface area contributed by atoms with Gasteiger partial charge in [-0.2, -0.15) is 0 Å². The zero-order chi connectivity index (χ0) is 27.3. The Morgan fingerprint density at radius 3 is 2.22 bits per heavy atom. The standard InChI is InChI=1S/C37H25N3S/c1-37(2)28-17-9-6-14-23(28)26-21-31-27(20-29(26)37)24-15-7-10-18-30(24)40(31)35-33-25-16-8-11-19-32(25)41-36(33)39-34(38-35)22-12-4-3-5-13-22/h3-21H,1-2H3. The van der Waals surface area contributed by atoms with Crippen LogP contribution in [0.4, 0.5) is 0 Å². The lowest BCUT2D eigenvalue weighted by Crippen LogP contribution is -2.14. The highest BCUT2D eigenvalue weighted by atomic mass is 32.1. The summed E-state index contributed by atoms with van der Waals surface area (Å²) in [5.74, 6) is 1.68. The van der Waals surface area contributed by atoms with Gasteiger partial charge in [0.05, 0.1) is 16.4 Å². The molecule has 0 bridgehead atoms. The van der Waals surface area contributed by atoms with E-state index >= 15 is 0 Å². The van der Waals surface area contributed by atoms with Gasteiger partial charge in [0.15, 0.2) is 11.6 Å². The van der Waals surface area contributed by atoms with Crippen LogP contribution in [0.15, 0.2) is 115 Å². The van der Waals surface area contributed by atoms with Crippen molar-refractivity contribution in [2.75, 3.05) is 0 Å². The summed E-state index contributed by atoms with van der Waals surface area (Å²) in [6.07, 6.45) is 0. The van der Waals surface area contributed by atoms with Crippen molar-refractivity contribution in [3.05, 3.63) is 126 Å². The normalized spacial score (nSPS) is 13.8. The molecule has 0 saturated carbocycles. The third-order valence-corrected chi connectivity index (χ3v) is 9.90. The lowest BCUT2D eigenvalue weighted by molar-refractivity contribution is 0.661. The van der Waals surface area contributed by atoms with E-state index in [0.717, 1.165) is 32.9 Å². The summed E-state index contributed by atoms with van der Waals surface area (Å²) in [6, 6.07) is 41.4. The van der Waals surface area contributed by atoms with Crippen molar-refractivity contribution in [3.63, 3.8) is 0 Å². The smallest absolute Gasteiger partial charge is 0.163 e. The Balaban J connectivity index is 1.46. The van der Waals surface area contributed by atoms with Crippen LogP contribution in [0.5, 0.6) is 0 Å². The summed E-state index contributed by atoms with van der Waals surface area (Å²) in [5.41, 5.74) is 8.70. The van der Waals surface area contributed by atoms with E-state index in [1.54, 1.807) is 11.3 Å². The van der Waals surface area contributed by atoms with Crippen LogP contribution in [0.2, 0.25) is 0 Å². The SMILES string of the molecule is CC1(C)c2ccccc2-c2cc3c(cc21)c1ccccc1n3-c1nc(-c2ccccc2)nc2sc3ccccc3c12. The van der Waals surface area contributed by atoms with Gasteiger partial charge in [0, 0.05) is 31.8 Å². The van der Waals surface area contributed by atoms with E-state index in [9.17, 15) is 0 Å². The molecule has 1 aliphatic rings. The third kappa shape index (κ3) is 3.08. The molecule has 0 saturated heterocycles. The lowest BCUT2D eigenvalue weighted by atomic mass is 9.82. The second-order valence-corrected chi connectivity index (χ2v) is 12.5. The summed E-state index contributed by atoms with van der Waals surface area (Å²) < 4.78 is 3.61. The van der Waals surface area contributed by atoms with E-state index < -0.39 is 0 Å². The third-order valence-electron chi connectivity index (χ3n) is 8.84. The zero-order valence-electron chi connectivity index (χ0n) is 22.7. The van der Waals surface area contributed by atoms with Crippen LogP contribution in [0.1, 0.15) is 25.0 Å². The van der Waals surface area contributed by atoms with Crippen LogP contribution in [-0.4, -0.2) is 14.5 Å². The number of para-hydroxylation sites is 1. The largest absolute Gasteiger partial charge is 0.293 e. The van der Waals surface area contributed by atoms with Crippen LogP contribution in [-0.2, 0) is 5.41 Å². The van der Waals surface area contributed by atoms with Gasteiger partial charge in [0.25, 0.3) is 0 Å². The minimum atomic E-state index is -0.0600. The highest BCUT2D eigenvalue weighted by molar-refractivity contribution is 7.25. The molecule has 41 heavy (non-hydrogen) atoms. The monoisotopic (exact) mass is 543 g/mol. The maximum Gasteiger partial charge on any atom is 0.163 e. The van der Waals surface area contributed by atoms with E-state index in [1.807, 2.05) is 6.07 Å². The van der Waals surface area contributed by atoms with Gasteiger partial charge >= 0.3 is 0 Å². The molecule has 1 aliphatic carbocycles. The molecule has 3 nitrogen and oxygen atoms in total. The average Bonchev–Trinajstić information content (AvgIpc) is 3.62. The highest BCUT2D eigenvalue weighted by Gasteiger charge is 2.36. The van der Waals surface area contributed by atoms with Crippen LogP contribution in [0.25, 0.3) is 70.4 Å². The number of nitrogens with zero attached hydrogens (tertiary/aromatic N) is 3. The first-order valence-corrected chi connectivity index (χ1v) is 14.8. The molecule has 0 unspecified atom stereocenters. The summed E-state index contributed by atoms with van der Waals surface area (Å²) in [6.45, 7) is 4.69. The van der Waals surface area contributed by atoms with Crippen molar-refractivity contribution in [3.8, 4) is 28.3 Å². The number of rotatable bonds is 2. The molecule has 0 radical (unpaired) electrons. The molecule has 3 heterocycles. The molecule has 3 aromatic heterocycles. The summed E-state index contributed by atoms with van der Waals surface area (Å²) in [7, 11) is 0. The van der Waals surface area contributed by atoms with Crippen molar-refractivity contribution < 1.29 is 0 Å². The molecule has 0 amide bonds. The minimum absolute atomic E-state index is 0.0600. The average molecular weight is 544 g/mol. The maximum absolute atomic E-state index is 5.36. The van der Waals surface area contributed by atoms with Crippen molar-refractivity contribution in [1.82, 2.24) is 14.5 Å². The predicted molar refractivity (Wildman–Crippen MR) is 172 cm³/mol. The molecule has 4 heteroatoms. The molecule has 0 N–H and O–H groups in total. The number of benzene rings is 5. The van der Waals surface area contributed by atoms with Crippen molar-refractivity contribution >= 4 is 53.4 Å². The van der Waals surface area contributed by atoms with Gasteiger partial charge in [-0.25, -0.2) is 9.97 Å². The number of hydrogen-bond donors (Lipinski definition) is 0. The maximum atomic E-state index is 5.36. The number of fused-ring (bicyclic) bond motifs is 9. The van der Waals surface area contributed by atoms with E-state index in [-0.39, 0.29) is 5.41 Å². The highest BCUT2D eigenvalue weighted by Crippen LogP contribution is 2.51. The molecule has 0 aliphatic heterocycles. The molecule has 0 spiro atoms. The summed E-state index contributed by atoms with van der Waals surface area (Å²) in [5, 5.41) is 4.80. The zero-order valence-corrected chi connectivity index (χ0v) is 23.5. The first kappa shape index (κ1) is 23.0. The summed E-state index contributed by atoms with van der Waals surface area (Å²) in [4.78, 5) is 11.5. The van der Waals surface area contributed by atoms with Gasteiger partial charge in [-0.15, -0.1) is 11.3 Å². The second kappa shape index (κ2) is 8.12. The fraction of sp³-hybridized carbons (Fsp3) is 0.0811. The van der Waals surface area contributed by atoms with E-state index in [2.05, 4.69) is 128 Å². The number of aromatic nitrogens is 3. The van der Waals surface area contributed by atoms with Crippen LogP contribution in [0.3, 0.4) is 0 Å². The van der Waals surface area contributed by atoms with E-state index in [0.29, 0.717) is 0 Å². The Labute approximate surface area is 241 Å². The van der Waals surface area contributed by atoms with Crippen LogP contribution >= 0.6 is 11.3 Å². The Kier molecular flexibility index (Phi) is 4.55. The number of thiophene rings is 1. The van der Waals surface area contributed by atoms with Gasteiger partial charge in [0.2, 0.25) is 0 Å². The molecule has 9 rings (SSSR count). The quantitative estimate of drug-likeness (QED) is 0.217. The Morgan fingerprint density at radius 1 is 0.610 bits per heavy atom. The molecular formula is C37H25N3S. The van der Waals surface area contributed by atoms with E-state index in [1.165, 1.54) is 48.6 Å². The minimum Gasteiger partial charge on any atom is -0.293 e. The van der Waals surface area contributed by atoms with Crippen molar-refractivity contribution in [1.29, 1.82) is 0 Å². The van der Waals surface area contributed by atoms with Gasteiger partial charge in [-0.1, -0.05) is 105 Å². The van der Waals surface area contributed by atoms with Crippen LogP contribution < -0.4 is 0 Å². The van der Waals surface area contributed by atoms with Gasteiger partial charge in [0.1, 0.15) is 4.83 Å². The summed E-state index contributed by atoms with van der Waals surface area (Å²) >= 11 is 1.74. The Hall–Kier alpha value is -4.80. The van der Waals surface area contributed by atoms with E-state index in [4.69, 9.17) is 9.97 Å². The lowest BCUT2D eigenvalue weighted by Gasteiger charge is -2.21. The topological polar surface area (TPSA) is 30.7 Å². The molecular weight excluding hydrogens is 518 g/mol. The van der Waals surface area contributed by atoms with Gasteiger partial charge in [-0.05, 0) is 46.5 Å². The van der Waals surface area contributed by atoms with Gasteiger partial charge < -0.3 is 0 Å².